The summed E-state index contributed by atoms with van der Waals surface area (Å²) in [7, 11) is 0. The molecule has 104 valence electrons. The number of carbonyl (C=O) groups is 2. The zero-order chi connectivity index (χ0) is 14.6. The average molecular weight is 305 g/mol. The third kappa shape index (κ3) is 4.73. The third-order valence-corrected chi connectivity index (χ3v) is 2.97. The number of carboxylic acid groups (broad SMARTS) is 1. The zero-order valence-corrected chi connectivity index (χ0v) is 12.1. The first-order chi connectivity index (χ1) is 8.81. The van der Waals surface area contributed by atoms with E-state index in [1.165, 1.54) is 12.1 Å². The minimum absolute atomic E-state index is 0.109. The number of carboxylic acids is 1. The van der Waals surface area contributed by atoms with E-state index in [2.05, 4.69) is 0 Å². The monoisotopic (exact) mass is 304 g/mol. The first kappa shape index (κ1) is 15.8. The van der Waals surface area contributed by atoms with Crippen molar-refractivity contribution in [2.75, 3.05) is 0 Å². The zero-order valence-electron chi connectivity index (χ0n) is 10.6. The number of rotatable bonds is 6. The van der Waals surface area contributed by atoms with Crippen LogP contribution in [0.1, 0.15) is 37.0 Å². The molecular formula is C13H14Cl2O4. The van der Waals surface area contributed by atoms with E-state index in [1.807, 2.05) is 13.8 Å². The molecule has 0 aliphatic carbocycles. The Morgan fingerprint density at radius 2 is 1.79 bits per heavy atom. The second-order valence-corrected chi connectivity index (χ2v) is 5.06. The molecule has 0 amide bonds. The van der Waals surface area contributed by atoms with Gasteiger partial charge in [0.2, 0.25) is 0 Å². The smallest absolute Gasteiger partial charge is 0.303 e. The number of ether oxygens (including phenoxy) is 1. The largest absolute Gasteiger partial charge is 0.490 e. The lowest BCUT2D eigenvalue weighted by Crippen LogP contribution is -2.11. The van der Waals surface area contributed by atoms with E-state index in [-0.39, 0.29) is 40.3 Å². The van der Waals surface area contributed by atoms with Crippen molar-refractivity contribution in [1.82, 2.24) is 0 Å². The predicted octanol–water partition coefficient (Wildman–Crippen LogP) is 3.83. The van der Waals surface area contributed by atoms with Gasteiger partial charge in [-0.15, -0.1) is 0 Å². The molecule has 0 unspecified atom stereocenters. The number of benzene rings is 1. The Morgan fingerprint density at radius 1 is 1.21 bits per heavy atom. The van der Waals surface area contributed by atoms with Crippen LogP contribution in [0.2, 0.25) is 10.0 Å². The van der Waals surface area contributed by atoms with Crippen LogP contribution < -0.4 is 4.74 Å². The van der Waals surface area contributed by atoms with Crippen molar-refractivity contribution in [2.45, 2.75) is 32.8 Å². The molecule has 1 aromatic carbocycles. The molecular weight excluding hydrogens is 291 g/mol. The Kier molecular flexibility index (Phi) is 5.63. The molecule has 1 N–H and O–H groups in total. The maximum Gasteiger partial charge on any atom is 0.303 e. The van der Waals surface area contributed by atoms with Crippen LogP contribution in [-0.2, 0) is 4.79 Å². The molecule has 0 fully saturated rings. The number of ketones is 1. The lowest BCUT2D eigenvalue weighted by Gasteiger charge is -2.14. The Morgan fingerprint density at radius 3 is 2.32 bits per heavy atom. The maximum absolute atomic E-state index is 12.0. The summed E-state index contributed by atoms with van der Waals surface area (Å²) in [5, 5.41) is 9.11. The van der Waals surface area contributed by atoms with Crippen LogP contribution in [0.4, 0.5) is 0 Å². The highest BCUT2D eigenvalue weighted by Crippen LogP contribution is 2.32. The summed E-state index contributed by atoms with van der Waals surface area (Å²) in [5.41, 5.74) is 0.254. The van der Waals surface area contributed by atoms with Crippen LogP contribution in [0.5, 0.6) is 5.75 Å². The number of halogens is 2. The molecule has 0 spiro atoms. The highest BCUT2D eigenvalue weighted by molar-refractivity contribution is 6.42. The molecule has 0 bridgehead atoms. The molecule has 6 heteroatoms. The SMILES string of the molecule is CC(C)Oc1cc(Cl)c(Cl)cc1C(=O)CCC(=O)O. The van der Waals surface area contributed by atoms with Gasteiger partial charge in [-0.25, -0.2) is 0 Å². The summed E-state index contributed by atoms with van der Waals surface area (Å²) in [6.07, 6.45) is -0.481. The number of carbonyl (C=O) groups excluding carboxylic acids is 1. The highest BCUT2D eigenvalue weighted by Gasteiger charge is 2.17. The summed E-state index contributed by atoms with van der Waals surface area (Å²) >= 11 is 11.8. The number of aliphatic carboxylic acids is 1. The molecule has 1 rings (SSSR count). The van der Waals surface area contributed by atoms with Crippen molar-refractivity contribution < 1.29 is 19.4 Å². The molecule has 0 aliphatic heterocycles. The highest BCUT2D eigenvalue weighted by atomic mass is 35.5. The normalized spacial score (nSPS) is 10.6. The van der Waals surface area contributed by atoms with Gasteiger partial charge in [-0.2, -0.15) is 0 Å². The van der Waals surface area contributed by atoms with Crippen molar-refractivity contribution in [2.24, 2.45) is 0 Å². The van der Waals surface area contributed by atoms with Gasteiger partial charge < -0.3 is 9.84 Å². The Bertz CT molecular complexity index is 498. The Balaban J connectivity index is 3.05. The van der Waals surface area contributed by atoms with Gasteiger partial charge in [-0.05, 0) is 19.9 Å². The topological polar surface area (TPSA) is 63.6 Å². The summed E-state index contributed by atoms with van der Waals surface area (Å²) in [6, 6.07) is 2.88. The van der Waals surface area contributed by atoms with E-state index in [9.17, 15) is 9.59 Å². The summed E-state index contributed by atoms with van der Waals surface area (Å²) in [4.78, 5) is 22.5. The molecule has 0 saturated carbocycles. The summed E-state index contributed by atoms with van der Waals surface area (Å²) < 4.78 is 5.50. The van der Waals surface area contributed by atoms with Crippen LogP contribution in [0.3, 0.4) is 0 Å². The van der Waals surface area contributed by atoms with Gasteiger partial charge in [0.25, 0.3) is 0 Å². The summed E-state index contributed by atoms with van der Waals surface area (Å²) in [5.74, 6) is -1.05. The van der Waals surface area contributed by atoms with Gasteiger partial charge >= 0.3 is 5.97 Å². The van der Waals surface area contributed by atoms with Crippen LogP contribution in [0.25, 0.3) is 0 Å². The van der Waals surface area contributed by atoms with E-state index in [0.29, 0.717) is 5.75 Å². The van der Waals surface area contributed by atoms with Crippen molar-refractivity contribution in [3.05, 3.63) is 27.7 Å². The predicted molar refractivity (Wildman–Crippen MR) is 73.4 cm³/mol. The Labute approximate surface area is 121 Å². The van der Waals surface area contributed by atoms with Crippen LogP contribution in [0.15, 0.2) is 12.1 Å². The standard InChI is InChI=1S/C13H14Cl2O4/c1-7(2)19-12-6-10(15)9(14)5-8(12)11(16)3-4-13(17)18/h5-7H,3-4H2,1-2H3,(H,17,18). The lowest BCUT2D eigenvalue weighted by atomic mass is 10.1. The molecule has 4 nitrogen and oxygen atoms in total. The molecule has 0 saturated heterocycles. The molecule has 19 heavy (non-hydrogen) atoms. The van der Waals surface area contributed by atoms with Crippen LogP contribution in [-0.4, -0.2) is 23.0 Å². The van der Waals surface area contributed by atoms with Gasteiger partial charge in [0, 0.05) is 12.5 Å². The van der Waals surface area contributed by atoms with Crippen molar-refractivity contribution >= 4 is 35.0 Å². The second-order valence-electron chi connectivity index (χ2n) is 4.25. The molecule has 0 aliphatic rings. The first-order valence-electron chi connectivity index (χ1n) is 5.72. The van der Waals surface area contributed by atoms with E-state index in [4.69, 9.17) is 33.0 Å². The van der Waals surface area contributed by atoms with Gasteiger partial charge in [-0.1, -0.05) is 23.2 Å². The van der Waals surface area contributed by atoms with Gasteiger partial charge in [0.1, 0.15) is 5.75 Å². The number of hydrogen-bond acceptors (Lipinski definition) is 3. The molecule has 0 heterocycles. The van der Waals surface area contributed by atoms with Crippen molar-refractivity contribution in [3.63, 3.8) is 0 Å². The van der Waals surface area contributed by atoms with Gasteiger partial charge in [0.15, 0.2) is 5.78 Å². The van der Waals surface area contributed by atoms with Gasteiger partial charge in [-0.3, -0.25) is 9.59 Å². The van der Waals surface area contributed by atoms with Crippen molar-refractivity contribution in [3.8, 4) is 5.75 Å². The molecule has 0 radical (unpaired) electrons. The fraction of sp³-hybridized carbons (Fsp3) is 0.385. The first-order valence-corrected chi connectivity index (χ1v) is 6.47. The maximum atomic E-state index is 12.0. The average Bonchev–Trinajstić information content (AvgIpc) is 2.29. The second kappa shape index (κ2) is 6.78. The van der Waals surface area contributed by atoms with E-state index in [0.717, 1.165) is 0 Å². The minimum atomic E-state index is -1.03. The summed E-state index contributed by atoms with van der Waals surface area (Å²) in [6.45, 7) is 3.63. The van der Waals surface area contributed by atoms with Crippen molar-refractivity contribution in [1.29, 1.82) is 0 Å². The quantitative estimate of drug-likeness (QED) is 0.811. The number of hydrogen-bond donors (Lipinski definition) is 1. The van der Waals surface area contributed by atoms with E-state index < -0.39 is 5.97 Å². The lowest BCUT2D eigenvalue weighted by molar-refractivity contribution is -0.136. The van der Waals surface area contributed by atoms with Gasteiger partial charge in [0.05, 0.1) is 28.1 Å². The minimum Gasteiger partial charge on any atom is -0.490 e. The van der Waals surface area contributed by atoms with Crippen LogP contribution >= 0.6 is 23.2 Å². The Hall–Kier alpha value is -1.26. The molecule has 1 aromatic rings. The van der Waals surface area contributed by atoms with E-state index >= 15 is 0 Å². The molecule has 0 aromatic heterocycles. The third-order valence-electron chi connectivity index (χ3n) is 2.25. The fourth-order valence-electron chi connectivity index (χ4n) is 1.45. The van der Waals surface area contributed by atoms with E-state index in [1.54, 1.807) is 0 Å². The number of Topliss-reactive ketones (excluding diaryl/α,β-unsaturated/α-hetero) is 1. The van der Waals surface area contributed by atoms with Crippen LogP contribution in [0, 0.1) is 0 Å². The fourth-order valence-corrected chi connectivity index (χ4v) is 1.77. The molecule has 0 atom stereocenters.